The fraction of sp³-hybridized carbons (Fsp3) is 0.571. The predicted molar refractivity (Wildman–Crippen MR) is 66.1 cm³/mol. The van der Waals surface area contributed by atoms with E-state index in [1.54, 1.807) is 0 Å². The average molecular weight is 237 g/mol. The van der Waals surface area contributed by atoms with E-state index in [1.807, 2.05) is 26.0 Å². The molecule has 1 aliphatic heterocycles. The van der Waals surface area contributed by atoms with E-state index < -0.39 is 5.60 Å². The summed E-state index contributed by atoms with van der Waals surface area (Å²) in [5.41, 5.74) is 0.429. The van der Waals surface area contributed by atoms with Gasteiger partial charge < -0.3 is 5.11 Å². The van der Waals surface area contributed by atoms with Gasteiger partial charge in [-0.3, -0.25) is 4.90 Å². The minimum atomic E-state index is -0.670. The third-order valence-corrected chi connectivity index (χ3v) is 3.48. The van der Waals surface area contributed by atoms with E-state index in [0.29, 0.717) is 0 Å². The van der Waals surface area contributed by atoms with Gasteiger partial charge in [-0.15, -0.1) is 0 Å². The maximum Gasteiger partial charge on any atom is 0.123 e. The van der Waals surface area contributed by atoms with Crippen LogP contribution >= 0.6 is 0 Å². The fourth-order valence-electron chi connectivity index (χ4n) is 2.64. The lowest BCUT2D eigenvalue weighted by Crippen LogP contribution is -2.45. The van der Waals surface area contributed by atoms with Gasteiger partial charge in [-0.25, -0.2) is 4.39 Å². The highest BCUT2D eigenvalue weighted by Crippen LogP contribution is 2.28. The van der Waals surface area contributed by atoms with Crippen LogP contribution in [-0.4, -0.2) is 28.2 Å². The topological polar surface area (TPSA) is 23.5 Å². The molecule has 1 aromatic rings. The molecule has 0 saturated carbocycles. The first-order valence-electron chi connectivity index (χ1n) is 6.18. The number of rotatable bonds is 3. The van der Waals surface area contributed by atoms with Gasteiger partial charge in [0.05, 0.1) is 5.60 Å². The van der Waals surface area contributed by atoms with E-state index in [0.717, 1.165) is 31.5 Å². The molecule has 2 rings (SSSR count). The van der Waals surface area contributed by atoms with Crippen molar-refractivity contribution in [1.82, 2.24) is 4.90 Å². The van der Waals surface area contributed by atoms with Crippen molar-refractivity contribution in [2.75, 3.05) is 6.54 Å². The zero-order chi connectivity index (χ0) is 12.5. The maximum atomic E-state index is 12.8. The molecule has 0 radical (unpaired) electrons. The first-order chi connectivity index (χ1) is 7.97. The highest BCUT2D eigenvalue weighted by molar-refractivity contribution is 5.16. The SMILES string of the molecule is CC(C)(O)C1CCCN1Cc1ccc(F)cc1. The number of aliphatic hydroxyl groups is 1. The second kappa shape index (κ2) is 4.75. The zero-order valence-electron chi connectivity index (χ0n) is 10.5. The van der Waals surface area contributed by atoms with E-state index in [1.165, 1.54) is 12.1 Å². The Morgan fingerprint density at radius 1 is 1.35 bits per heavy atom. The minimum absolute atomic E-state index is 0.200. The molecular weight excluding hydrogens is 217 g/mol. The van der Waals surface area contributed by atoms with Crippen molar-refractivity contribution in [2.45, 2.75) is 44.9 Å². The van der Waals surface area contributed by atoms with Crippen LogP contribution in [0, 0.1) is 5.82 Å². The van der Waals surface area contributed by atoms with Crippen LogP contribution < -0.4 is 0 Å². The van der Waals surface area contributed by atoms with Crippen LogP contribution in [0.5, 0.6) is 0 Å². The Balaban J connectivity index is 2.05. The van der Waals surface area contributed by atoms with Gasteiger partial charge in [0.1, 0.15) is 5.82 Å². The second-order valence-electron chi connectivity index (χ2n) is 5.41. The van der Waals surface area contributed by atoms with Gasteiger partial charge in [0, 0.05) is 12.6 Å². The molecule has 1 saturated heterocycles. The molecule has 1 fully saturated rings. The largest absolute Gasteiger partial charge is 0.389 e. The van der Waals surface area contributed by atoms with Crippen molar-refractivity contribution >= 4 is 0 Å². The highest BCUT2D eigenvalue weighted by Gasteiger charge is 2.35. The Morgan fingerprint density at radius 3 is 2.59 bits per heavy atom. The molecule has 1 heterocycles. The third kappa shape index (κ3) is 3.05. The van der Waals surface area contributed by atoms with Crippen molar-refractivity contribution in [3.8, 4) is 0 Å². The van der Waals surface area contributed by atoms with E-state index in [4.69, 9.17) is 0 Å². The van der Waals surface area contributed by atoms with Crippen LogP contribution in [0.3, 0.4) is 0 Å². The van der Waals surface area contributed by atoms with Crippen LogP contribution in [0.1, 0.15) is 32.3 Å². The van der Waals surface area contributed by atoms with Gasteiger partial charge in [0.25, 0.3) is 0 Å². The Kier molecular flexibility index (Phi) is 3.50. The van der Waals surface area contributed by atoms with Gasteiger partial charge in [0.15, 0.2) is 0 Å². The Labute approximate surface area is 102 Å². The first kappa shape index (κ1) is 12.5. The standard InChI is InChI=1S/C14H20FNO/c1-14(2,17)13-4-3-9-16(13)10-11-5-7-12(15)8-6-11/h5-8,13,17H,3-4,9-10H2,1-2H3. The second-order valence-corrected chi connectivity index (χ2v) is 5.41. The Hall–Kier alpha value is -0.930. The fourth-order valence-corrected chi connectivity index (χ4v) is 2.64. The monoisotopic (exact) mass is 237 g/mol. The molecule has 17 heavy (non-hydrogen) atoms. The summed E-state index contributed by atoms with van der Waals surface area (Å²) in [6.07, 6.45) is 2.15. The van der Waals surface area contributed by atoms with Gasteiger partial charge in [-0.05, 0) is 50.9 Å². The summed E-state index contributed by atoms with van der Waals surface area (Å²) < 4.78 is 12.8. The smallest absolute Gasteiger partial charge is 0.123 e. The minimum Gasteiger partial charge on any atom is -0.389 e. The van der Waals surface area contributed by atoms with Gasteiger partial charge >= 0.3 is 0 Å². The molecule has 1 aliphatic rings. The van der Waals surface area contributed by atoms with Gasteiger partial charge in [-0.1, -0.05) is 12.1 Å². The quantitative estimate of drug-likeness (QED) is 0.873. The summed E-state index contributed by atoms with van der Waals surface area (Å²) in [6.45, 7) is 5.52. The summed E-state index contributed by atoms with van der Waals surface area (Å²) in [5.74, 6) is -0.200. The molecule has 94 valence electrons. The predicted octanol–water partition coefficient (Wildman–Crippen LogP) is 2.56. The van der Waals surface area contributed by atoms with Gasteiger partial charge in [-0.2, -0.15) is 0 Å². The Bertz CT molecular complexity index is 369. The van der Waals surface area contributed by atoms with Crippen LogP contribution in [0.25, 0.3) is 0 Å². The van der Waals surface area contributed by atoms with Crippen molar-refractivity contribution in [3.63, 3.8) is 0 Å². The van der Waals surface area contributed by atoms with Crippen molar-refractivity contribution in [3.05, 3.63) is 35.6 Å². The van der Waals surface area contributed by atoms with Crippen LogP contribution in [-0.2, 0) is 6.54 Å². The van der Waals surface area contributed by atoms with Crippen LogP contribution in [0.2, 0.25) is 0 Å². The molecule has 1 unspecified atom stereocenters. The molecule has 0 aromatic heterocycles. The van der Waals surface area contributed by atoms with Crippen LogP contribution in [0.4, 0.5) is 4.39 Å². The van der Waals surface area contributed by atoms with E-state index in [9.17, 15) is 9.50 Å². The molecule has 1 aromatic carbocycles. The van der Waals surface area contributed by atoms with E-state index in [-0.39, 0.29) is 11.9 Å². The molecule has 1 atom stereocenters. The lowest BCUT2D eigenvalue weighted by atomic mass is 9.96. The molecule has 0 bridgehead atoms. The number of hydrogen-bond acceptors (Lipinski definition) is 2. The number of benzene rings is 1. The maximum absolute atomic E-state index is 12.8. The normalized spacial score (nSPS) is 22.0. The number of hydrogen-bond donors (Lipinski definition) is 1. The summed E-state index contributed by atoms with van der Waals surface area (Å²) >= 11 is 0. The molecule has 1 N–H and O–H groups in total. The molecular formula is C14H20FNO. The zero-order valence-corrected chi connectivity index (χ0v) is 10.5. The highest BCUT2D eigenvalue weighted by atomic mass is 19.1. The van der Waals surface area contributed by atoms with Crippen molar-refractivity contribution in [2.24, 2.45) is 0 Å². The lowest BCUT2D eigenvalue weighted by Gasteiger charge is -2.33. The molecule has 0 aliphatic carbocycles. The average Bonchev–Trinajstić information content (AvgIpc) is 2.69. The summed E-state index contributed by atoms with van der Waals surface area (Å²) in [6, 6.07) is 6.81. The number of nitrogens with zero attached hydrogens (tertiary/aromatic N) is 1. The molecule has 2 nitrogen and oxygen atoms in total. The number of halogens is 1. The van der Waals surface area contributed by atoms with Crippen molar-refractivity contribution < 1.29 is 9.50 Å². The van der Waals surface area contributed by atoms with Crippen LogP contribution in [0.15, 0.2) is 24.3 Å². The Morgan fingerprint density at radius 2 is 2.00 bits per heavy atom. The summed E-state index contributed by atoms with van der Waals surface area (Å²) in [7, 11) is 0. The summed E-state index contributed by atoms with van der Waals surface area (Å²) in [5, 5.41) is 10.1. The molecule has 3 heteroatoms. The molecule has 0 spiro atoms. The van der Waals surface area contributed by atoms with E-state index in [2.05, 4.69) is 4.90 Å². The first-order valence-corrected chi connectivity index (χ1v) is 6.18. The van der Waals surface area contributed by atoms with E-state index >= 15 is 0 Å². The third-order valence-electron chi connectivity index (χ3n) is 3.48. The number of likely N-dealkylation sites (tertiary alicyclic amines) is 1. The summed E-state index contributed by atoms with van der Waals surface area (Å²) in [4.78, 5) is 2.28. The van der Waals surface area contributed by atoms with Gasteiger partial charge in [0.2, 0.25) is 0 Å². The van der Waals surface area contributed by atoms with Crippen molar-refractivity contribution in [1.29, 1.82) is 0 Å². The lowest BCUT2D eigenvalue weighted by molar-refractivity contribution is -0.00502. The molecule has 0 amide bonds.